The van der Waals surface area contributed by atoms with Crippen LogP contribution in [-0.2, 0) is 4.57 Å². The Kier molecular flexibility index (Phi) is 3.64. The van der Waals surface area contributed by atoms with E-state index in [1.54, 1.807) is 0 Å². The maximum absolute atomic E-state index is 9.69. The van der Waals surface area contributed by atoms with Crippen LogP contribution in [0.2, 0.25) is 0 Å². The average Bonchev–Trinajstić information content (AvgIpc) is 1.68. The van der Waals surface area contributed by atoms with Crippen molar-refractivity contribution in [3.63, 3.8) is 0 Å². The zero-order valence-electron chi connectivity index (χ0n) is 5.12. The summed E-state index contributed by atoms with van der Waals surface area (Å²) in [6, 6.07) is 0. The molecule has 0 amide bonds. The van der Waals surface area contributed by atoms with Gasteiger partial charge in [-0.25, -0.2) is 4.57 Å². The second-order valence-corrected chi connectivity index (χ2v) is 1.41. The number of phosphoric acid groups is 1. The molecule has 0 unspecified atom stereocenters. The zero-order valence-corrected chi connectivity index (χ0v) is 7.14. The van der Waals surface area contributed by atoms with Gasteiger partial charge in [0, 0.05) is 51.4 Å². The van der Waals surface area contributed by atoms with Crippen LogP contribution in [0.25, 0.3) is 0 Å². The van der Waals surface area contributed by atoms with Crippen molar-refractivity contribution in [3.8, 4) is 0 Å². The summed E-state index contributed by atoms with van der Waals surface area (Å²) in [5.41, 5.74) is 0. The van der Waals surface area contributed by atoms with Gasteiger partial charge >= 0.3 is 7.82 Å². The van der Waals surface area contributed by atoms with Crippen molar-refractivity contribution >= 4 is 59.2 Å². The van der Waals surface area contributed by atoms with Gasteiger partial charge < -0.3 is 14.7 Å². The molecule has 0 rings (SSSR count). The fraction of sp³-hybridized carbons (Fsp3) is 0. The molecule has 0 bridgehead atoms. The standard InChI is InChI=1S/K.H3O4P/c;1-5(2,3)4/h;(H3,1,2,3,4)/i/hD2. The number of hydrogen-bond donors (Lipinski definition) is 3. The molecular weight excluding hydrogens is 134 g/mol. The van der Waals surface area contributed by atoms with Gasteiger partial charge in [-0.15, -0.1) is 0 Å². The smallest absolute Gasteiger partial charge is 0.303 e. The Morgan fingerprint density at radius 2 is 2.00 bits per heavy atom. The first-order valence-corrected chi connectivity index (χ1v) is 2.24. The Bertz CT molecular complexity index is 86.0. The summed E-state index contributed by atoms with van der Waals surface area (Å²) in [4.78, 5) is 13.9. The molecule has 0 saturated heterocycles. The first-order valence-electron chi connectivity index (χ1n) is 1.56. The van der Waals surface area contributed by atoms with Crippen LogP contribution in [0, 0.1) is 0 Å². The zero-order chi connectivity index (χ0) is 5.91. The van der Waals surface area contributed by atoms with E-state index in [1.807, 2.05) is 0 Å². The van der Waals surface area contributed by atoms with E-state index in [0.29, 0.717) is 0 Å². The second kappa shape index (κ2) is 3.71. The van der Waals surface area contributed by atoms with Gasteiger partial charge in [-0.05, 0) is 0 Å². The summed E-state index contributed by atoms with van der Waals surface area (Å²) in [6.45, 7) is 0. The molecule has 0 aliphatic heterocycles. The maximum Gasteiger partial charge on any atom is 0.466 e. The van der Waals surface area contributed by atoms with Crippen LogP contribution in [-0.4, -0.2) is 68.9 Å². The minimum absolute atomic E-state index is 0. The molecule has 4 nitrogen and oxygen atoms in total. The van der Waals surface area contributed by atoms with Gasteiger partial charge in [0.1, 0.15) is 0 Å². The van der Waals surface area contributed by atoms with E-state index in [4.69, 9.17) is 7.76 Å². The molecule has 0 fully saturated rings. The minimum atomic E-state index is -4.32. The van der Waals surface area contributed by atoms with Crippen molar-refractivity contribution in [2.24, 2.45) is 0 Å². The van der Waals surface area contributed by atoms with Gasteiger partial charge in [-0.2, -0.15) is 0 Å². The fourth-order valence-electron chi connectivity index (χ4n) is 0. The third-order valence-corrected chi connectivity index (χ3v) is 0. The molecule has 6 heavy (non-hydrogen) atoms. The monoisotopic (exact) mass is 139 g/mol. The summed E-state index contributed by atoms with van der Waals surface area (Å²) in [5, 5.41) is 0. The van der Waals surface area contributed by atoms with E-state index >= 15 is 0 Å². The van der Waals surface area contributed by atoms with E-state index < -0.39 is 7.82 Å². The number of hydrogen-bond acceptors (Lipinski definition) is 3. The molecule has 3 N–H and O–H groups in total. The quantitative estimate of drug-likeness (QED) is 0.328. The Morgan fingerprint density at radius 1 is 1.67 bits per heavy atom. The predicted octanol–water partition coefficient (Wildman–Crippen LogP) is -1.31. The molecule has 0 atom stereocenters. The molecule has 0 aromatic heterocycles. The molecule has 0 saturated carbocycles. The van der Waals surface area contributed by atoms with Crippen molar-refractivity contribution in [1.29, 1.82) is 2.86 Å². The molecule has 0 aromatic rings. The molecule has 0 spiro atoms. The van der Waals surface area contributed by atoms with E-state index in [9.17, 15) is 4.57 Å². The van der Waals surface area contributed by atoms with Crippen LogP contribution in [0.15, 0.2) is 0 Å². The van der Waals surface area contributed by atoms with Crippen molar-refractivity contribution in [1.82, 2.24) is 0 Å². The van der Waals surface area contributed by atoms with Gasteiger partial charge in [-0.3, -0.25) is 0 Å². The Labute approximate surface area is 80.2 Å². The van der Waals surface area contributed by atoms with Crippen molar-refractivity contribution in [2.45, 2.75) is 0 Å². The van der Waals surface area contributed by atoms with Crippen LogP contribution < -0.4 is 0 Å². The second-order valence-electron chi connectivity index (χ2n) is 0.469. The predicted molar refractivity (Wildman–Crippen MR) is 20.0 cm³/mol. The summed E-state index contributed by atoms with van der Waals surface area (Å²) in [7, 11) is -4.32. The summed E-state index contributed by atoms with van der Waals surface area (Å²) < 4.78 is 21.2. The van der Waals surface area contributed by atoms with E-state index in [0.717, 1.165) is 0 Å². The molecule has 0 aliphatic rings. The first-order chi connectivity index (χ1) is 3.12. The number of rotatable bonds is 2. The molecular formula is H3KO4P. The first kappa shape index (κ1) is 5.88. The maximum atomic E-state index is 9.69. The SMILES string of the molecule is [2H]OP(=O)(O)O[2H].[K]. The Morgan fingerprint density at radius 3 is 2.00 bits per heavy atom. The van der Waals surface area contributed by atoms with Crippen LogP contribution >= 0.6 is 7.82 Å². The van der Waals surface area contributed by atoms with Gasteiger partial charge in [0.15, 0.2) is 0 Å². The Hall–Kier alpha value is 1.75. The van der Waals surface area contributed by atoms with Crippen molar-refractivity contribution in [3.05, 3.63) is 0 Å². The fourth-order valence-corrected chi connectivity index (χ4v) is 0. The van der Waals surface area contributed by atoms with Crippen molar-refractivity contribution in [2.75, 3.05) is 0 Å². The van der Waals surface area contributed by atoms with Crippen molar-refractivity contribution < 1.29 is 19.2 Å². The van der Waals surface area contributed by atoms with E-state index in [-0.39, 0.29) is 51.4 Å². The van der Waals surface area contributed by atoms with Gasteiger partial charge in [0.25, 0.3) is 0 Å². The molecule has 6 heteroatoms. The summed E-state index contributed by atoms with van der Waals surface area (Å²) >= 11 is 0. The van der Waals surface area contributed by atoms with Crippen LogP contribution in [0.1, 0.15) is 0 Å². The van der Waals surface area contributed by atoms with Gasteiger partial charge in [0.2, 0.25) is 2.86 Å². The van der Waals surface area contributed by atoms with Crippen LogP contribution in [0.4, 0.5) is 0 Å². The Balaban J connectivity index is 0. The molecule has 33 valence electrons. The van der Waals surface area contributed by atoms with Crippen LogP contribution in [0.3, 0.4) is 0 Å². The van der Waals surface area contributed by atoms with Gasteiger partial charge in [0.05, 0.1) is 0 Å². The molecule has 0 aliphatic carbocycles. The molecule has 0 aromatic carbocycles. The van der Waals surface area contributed by atoms with E-state index in [1.165, 1.54) is 0 Å². The summed E-state index contributed by atoms with van der Waals surface area (Å²) in [6.07, 6.45) is 0. The normalized spacial score (nSPS) is 14.2. The average molecular weight is 139 g/mol. The summed E-state index contributed by atoms with van der Waals surface area (Å²) in [5.74, 6) is 0. The minimum Gasteiger partial charge on any atom is -0.303 e. The van der Waals surface area contributed by atoms with Gasteiger partial charge in [-0.1, -0.05) is 0 Å². The third kappa shape index (κ3) is 42.4. The largest absolute Gasteiger partial charge is 0.466 e. The van der Waals surface area contributed by atoms with Crippen LogP contribution in [0.5, 0.6) is 0 Å². The van der Waals surface area contributed by atoms with E-state index in [2.05, 4.69) is 9.79 Å². The topological polar surface area (TPSA) is 77.8 Å². The molecule has 0 heterocycles. The molecule has 1 radical (unpaired) electrons. The third-order valence-electron chi connectivity index (χ3n) is 0.